The maximum Gasteiger partial charge on any atom is 0.234 e. The van der Waals surface area contributed by atoms with Gasteiger partial charge in [0.25, 0.3) is 0 Å². The minimum atomic E-state index is -0.00432. The van der Waals surface area contributed by atoms with E-state index in [1.165, 1.54) is 0 Å². The number of carbonyl (C=O) groups excluding carboxylic acids is 2. The second kappa shape index (κ2) is 12.4. The van der Waals surface area contributed by atoms with Crippen molar-refractivity contribution in [1.29, 1.82) is 0 Å². The predicted octanol–water partition coefficient (Wildman–Crippen LogP) is -0.337. The normalized spacial score (nSPS) is 20.4. The third-order valence-electron chi connectivity index (χ3n) is 3.81. The van der Waals surface area contributed by atoms with Gasteiger partial charge in [0.1, 0.15) is 0 Å². The Hall–Kier alpha value is -2.02. The van der Waals surface area contributed by atoms with Gasteiger partial charge >= 0.3 is 0 Å². The van der Waals surface area contributed by atoms with Gasteiger partial charge in [-0.1, -0.05) is 11.8 Å². The first-order valence-corrected chi connectivity index (χ1v) is 8.50. The number of hydrogen-bond donors (Lipinski definition) is 2. The molecule has 0 bridgehead atoms. The van der Waals surface area contributed by atoms with Crippen LogP contribution in [0, 0.1) is 24.7 Å². The molecule has 1 fully saturated rings. The van der Waals surface area contributed by atoms with E-state index in [-0.39, 0.29) is 11.8 Å². The number of nitrogens with one attached hydrogen (secondary N) is 2. The summed E-state index contributed by atoms with van der Waals surface area (Å²) in [6.07, 6.45) is 14.2. The van der Waals surface area contributed by atoms with Crippen LogP contribution in [0.15, 0.2) is 0 Å². The Balaban J connectivity index is 2.58. The molecule has 6 nitrogen and oxygen atoms in total. The van der Waals surface area contributed by atoms with Crippen molar-refractivity contribution >= 4 is 11.8 Å². The molecule has 0 saturated carbocycles. The van der Waals surface area contributed by atoms with Gasteiger partial charge in [-0.25, -0.2) is 0 Å². The first-order valence-electron chi connectivity index (χ1n) is 8.50. The molecule has 132 valence electrons. The molecule has 0 atom stereocenters. The fourth-order valence-corrected chi connectivity index (χ4v) is 2.58. The lowest BCUT2D eigenvalue weighted by Gasteiger charge is -2.22. The summed E-state index contributed by atoms with van der Waals surface area (Å²) in [6.45, 7) is 4.32. The Kier molecular flexibility index (Phi) is 10.4. The molecule has 1 saturated heterocycles. The van der Waals surface area contributed by atoms with Crippen molar-refractivity contribution < 1.29 is 9.59 Å². The molecule has 0 unspecified atom stereocenters. The zero-order valence-electron chi connectivity index (χ0n) is 14.4. The molecule has 1 rings (SSSR count). The molecular formula is C18H28N4O2. The van der Waals surface area contributed by atoms with E-state index in [1.807, 2.05) is 9.80 Å². The number of hydrogen-bond acceptors (Lipinski definition) is 4. The van der Waals surface area contributed by atoms with E-state index in [0.717, 1.165) is 38.8 Å². The van der Waals surface area contributed by atoms with Gasteiger partial charge in [-0.15, -0.1) is 12.8 Å². The molecule has 1 aliphatic rings. The van der Waals surface area contributed by atoms with Crippen LogP contribution in [0.2, 0.25) is 0 Å². The predicted molar refractivity (Wildman–Crippen MR) is 95.0 cm³/mol. The largest absolute Gasteiger partial charge is 0.355 e. The molecule has 2 amide bonds. The first-order chi connectivity index (χ1) is 11.7. The zero-order chi connectivity index (χ0) is 17.6. The molecule has 0 spiro atoms. The van der Waals surface area contributed by atoms with Crippen LogP contribution in [0.5, 0.6) is 0 Å². The van der Waals surface area contributed by atoms with E-state index in [1.54, 1.807) is 0 Å². The van der Waals surface area contributed by atoms with Gasteiger partial charge in [-0.05, 0) is 38.8 Å². The molecule has 0 aromatic heterocycles. The minimum absolute atomic E-state index is 0.00432. The van der Waals surface area contributed by atoms with Crippen LogP contribution < -0.4 is 10.6 Å². The van der Waals surface area contributed by atoms with E-state index in [9.17, 15) is 9.59 Å². The number of carbonyl (C=O) groups is 2. The highest BCUT2D eigenvalue weighted by atomic mass is 16.2. The molecule has 0 aliphatic carbocycles. The van der Waals surface area contributed by atoms with Gasteiger partial charge in [0.2, 0.25) is 11.8 Å². The third kappa shape index (κ3) is 9.19. The summed E-state index contributed by atoms with van der Waals surface area (Å²) in [5, 5.41) is 5.79. The van der Waals surface area contributed by atoms with Crippen LogP contribution >= 0.6 is 0 Å². The Labute approximate surface area is 145 Å². The average molecular weight is 332 g/mol. The van der Waals surface area contributed by atoms with Crippen LogP contribution in [0.4, 0.5) is 0 Å². The Bertz CT molecular complexity index is 434. The maximum absolute atomic E-state index is 11.9. The summed E-state index contributed by atoms with van der Waals surface area (Å²) in [4.78, 5) is 27.8. The fraction of sp³-hybridized carbons (Fsp3) is 0.667. The van der Waals surface area contributed by atoms with E-state index in [0.29, 0.717) is 39.3 Å². The van der Waals surface area contributed by atoms with Crippen molar-refractivity contribution in [2.45, 2.75) is 25.7 Å². The SMILES string of the molecule is C#CCN1CCCCN(CC#C)CC(=O)NCCCCNC(=O)C1. The number of amides is 2. The van der Waals surface area contributed by atoms with E-state index < -0.39 is 0 Å². The van der Waals surface area contributed by atoms with Crippen molar-refractivity contribution in [2.24, 2.45) is 0 Å². The van der Waals surface area contributed by atoms with Crippen molar-refractivity contribution in [3.8, 4) is 24.7 Å². The number of terminal acetylenes is 2. The maximum atomic E-state index is 11.9. The van der Waals surface area contributed by atoms with Crippen LogP contribution in [0.1, 0.15) is 25.7 Å². The van der Waals surface area contributed by atoms with E-state index in [2.05, 4.69) is 22.5 Å². The van der Waals surface area contributed by atoms with Gasteiger partial charge in [0, 0.05) is 13.1 Å². The monoisotopic (exact) mass is 332 g/mol. The summed E-state index contributed by atoms with van der Waals surface area (Å²) in [7, 11) is 0. The lowest BCUT2D eigenvalue weighted by atomic mass is 10.2. The molecular weight excluding hydrogens is 304 g/mol. The van der Waals surface area contributed by atoms with Crippen LogP contribution in [-0.4, -0.2) is 74.0 Å². The fourth-order valence-electron chi connectivity index (χ4n) is 2.58. The van der Waals surface area contributed by atoms with Gasteiger partial charge < -0.3 is 10.6 Å². The highest BCUT2D eigenvalue weighted by molar-refractivity contribution is 5.78. The minimum Gasteiger partial charge on any atom is -0.355 e. The van der Waals surface area contributed by atoms with Gasteiger partial charge in [0.05, 0.1) is 26.2 Å². The topological polar surface area (TPSA) is 64.7 Å². The Morgan fingerprint density at radius 2 is 1.21 bits per heavy atom. The molecule has 0 radical (unpaired) electrons. The summed E-state index contributed by atoms with van der Waals surface area (Å²) in [5.41, 5.74) is 0. The molecule has 24 heavy (non-hydrogen) atoms. The summed E-state index contributed by atoms with van der Waals surface area (Å²) in [6, 6.07) is 0. The van der Waals surface area contributed by atoms with Crippen LogP contribution in [-0.2, 0) is 9.59 Å². The lowest BCUT2D eigenvalue weighted by molar-refractivity contribution is -0.123. The summed E-state index contributed by atoms with van der Waals surface area (Å²) in [5.74, 6) is 5.19. The highest BCUT2D eigenvalue weighted by Gasteiger charge is 2.12. The van der Waals surface area contributed by atoms with E-state index in [4.69, 9.17) is 12.8 Å². The average Bonchev–Trinajstić information content (AvgIpc) is 2.54. The third-order valence-corrected chi connectivity index (χ3v) is 3.81. The molecule has 2 N–H and O–H groups in total. The number of rotatable bonds is 2. The lowest BCUT2D eigenvalue weighted by Crippen LogP contribution is -2.40. The standard InChI is InChI=1S/C18H28N4O2/c1-3-11-21-13-7-8-14-22(12-4-2)16-18(24)20-10-6-5-9-19-17(23)15-21/h1-2H,5-16H2,(H,19,23)(H,20,24). The highest BCUT2D eigenvalue weighted by Crippen LogP contribution is 1.99. The Morgan fingerprint density at radius 3 is 1.58 bits per heavy atom. The molecule has 6 heteroatoms. The Morgan fingerprint density at radius 1 is 0.792 bits per heavy atom. The number of nitrogens with zero attached hydrogens (tertiary/aromatic N) is 2. The van der Waals surface area contributed by atoms with Crippen LogP contribution in [0.25, 0.3) is 0 Å². The quantitative estimate of drug-likeness (QED) is 0.680. The molecule has 0 aromatic carbocycles. The molecule has 0 aromatic rings. The van der Waals surface area contributed by atoms with Crippen molar-refractivity contribution in [3.63, 3.8) is 0 Å². The van der Waals surface area contributed by atoms with Crippen LogP contribution in [0.3, 0.4) is 0 Å². The van der Waals surface area contributed by atoms with Crippen molar-refractivity contribution in [1.82, 2.24) is 20.4 Å². The van der Waals surface area contributed by atoms with Gasteiger partial charge in [0.15, 0.2) is 0 Å². The second-order valence-corrected chi connectivity index (χ2v) is 5.94. The van der Waals surface area contributed by atoms with Gasteiger partial charge in [-0.3, -0.25) is 19.4 Å². The molecule has 1 heterocycles. The summed E-state index contributed by atoms with van der Waals surface area (Å²) >= 11 is 0. The van der Waals surface area contributed by atoms with Crippen molar-refractivity contribution in [3.05, 3.63) is 0 Å². The zero-order valence-corrected chi connectivity index (χ0v) is 14.4. The molecule has 1 aliphatic heterocycles. The van der Waals surface area contributed by atoms with E-state index >= 15 is 0 Å². The van der Waals surface area contributed by atoms with Gasteiger partial charge in [-0.2, -0.15) is 0 Å². The second-order valence-electron chi connectivity index (χ2n) is 5.94. The first kappa shape index (κ1) is 20.0. The summed E-state index contributed by atoms with van der Waals surface area (Å²) < 4.78 is 0. The smallest absolute Gasteiger partial charge is 0.234 e. The van der Waals surface area contributed by atoms with Crippen molar-refractivity contribution in [2.75, 3.05) is 52.4 Å².